The Hall–Kier alpha value is -2.44. The van der Waals surface area contributed by atoms with Gasteiger partial charge in [-0.05, 0) is 30.2 Å². The Morgan fingerprint density at radius 1 is 1.03 bits per heavy atom. The summed E-state index contributed by atoms with van der Waals surface area (Å²) in [6, 6.07) is 15.2. The van der Waals surface area contributed by atoms with Crippen molar-refractivity contribution in [1.82, 2.24) is 10.2 Å². The summed E-state index contributed by atoms with van der Waals surface area (Å²) in [5, 5.41) is 56.8. The first-order valence-corrected chi connectivity index (χ1v) is 11.8. The summed E-state index contributed by atoms with van der Waals surface area (Å²) in [5.41, 5.74) is 3.60. The van der Waals surface area contributed by atoms with Gasteiger partial charge in [0.15, 0.2) is 5.17 Å². The normalized spacial score (nSPS) is 23.4. The van der Waals surface area contributed by atoms with E-state index in [1.807, 2.05) is 60.9 Å². The summed E-state index contributed by atoms with van der Waals surface area (Å²) in [6.07, 6.45) is -8.04. The van der Waals surface area contributed by atoms with Gasteiger partial charge in [0.05, 0.1) is 19.4 Å². The molecule has 0 spiro atoms. The molecule has 2 aliphatic rings. The largest absolute Gasteiger partial charge is 0.497 e. The van der Waals surface area contributed by atoms with Crippen LogP contribution < -0.4 is 10.1 Å². The van der Waals surface area contributed by atoms with Gasteiger partial charge in [0.1, 0.15) is 42.5 Å². The topological polar surface area (TPSA) is 138 Å². The van der Waals surface area contributed by atoms with Crippen LogP contribution in [-0.4, -0.2) is 79.9 Å². The molecule has 10 heteroatoms. The van der Waals surface area contributed by atoms with Gasteiger partial charge in [-0.2, -0.15) is 0 Å². The summed E-state index contributed by atoms with van der Waals surface area (Å²) < 4.78 is 5.23. The second kappa shape index (κ2) is 10.4. The van der Waals surface area contributed by atoms with E-state index in [-0.39, 0.29) is 0 Å². The number of methoxy groups -OCH3 is 1. The molecule has 182 valence electrons. The third kappa shape index (κ3) is 4.84. The summed E-state index contributed by atoms with van der Waals surface area (Å²) in [4.78, 5) is 6.59. The van der Waals surface area contributed by atoms with E-state index in [1.165, 1.54) is 11.8 Å². The highest BCUT2D eigenvalue weighted by molar-refractivity contribution is 8.16. The number of benzene rings is 2. The van der Waals surface area contributed by atoms with Gasteiger partial charge in [-0.3, -0.25) is 5.32 Å². The number of fused-ring (bicyclic) bond motifs is 1. The number of hydrogen-bond acceptors (Lipinski definition) is 10. The Balaban J connectivity index is 1.69. The van der Waals surface area contributed by atoms with Gasteiger partial charge in [0, 0.05) is 5.41 Å². The Labute approximate surface area is 202 Å². The van der Waals surface area contributed by atoms with E-state index in [2.05, 4.69) is 5.32 Å². The second-order valence-electron chi connectivity index (χ2n) is 8.28. The van der Waals surface area contributed by atoms with Crippen LogP contribution >= 0.6 is 11.8 Å². The average Bonchev–Trinajstić information content (AvgIpc) is 3.31. The van der Waals surface area contributed by atoms with Crippen molar-refractivity contribution in [3.8, 4) is 5.75 Å². The maximum Gasteiger partial charge on any atom is 0.171 e. The van der Waals surface area contributed by atoms with Crippen LogP contribution in [0.25, 0.3) is 5.70 Å². The highest BCUT2D eigenvalue weighted by Crippen LogP contribution is 2.40. The van der Waals surface area contributed by atoms with Gasteiger partial charge in [-0.25, -0.2) is 4.99 Å². The predicted molar refractivity (Wildman–Crippen MR) is 130 cm³/mol. The number of hydrogen-bond donors (Lipinski definition) is 6. The Kier molecular flexibility index (Phi) is 7.58. The molecule has 34 heavy (non-hydrogen) atoms. The number of nitrogens with zero attached hydrogens (tertiary/aromatic N) is 2. The first kappa shape index (κ1) is 24.7. The van der Waals surface area contributed by atoms with Crippen LogP contribution in [0.3, 0.4) is 0 Å². The van der Waals surface area contributed by atoms with Crippen molar-refractivity contribution in [2.24, 2.45) is 4.99 Å². The molecule has 9 nitrogen and oxygen atoms in total. The van der Waals surface area contributed by atoms with Crippen LogP contribution in [0.5, 0.6) is 5.75 Å². The van der Waals surface area contributed by atoms with E-state index in [1.54, 1.807) is 12.0 Å². The Morgan fingerprint density at radius 2 is 1.71 bits per heavy atom. The lowest BCUT2D eigenvalue weighted by Gasteiger charge is -2.42. The van der Waals surface area contributed by atoms with E-state index in [9.17, 15) is 25.5 Å². The quantitative estimate of drug-likeness (QED) is 0.319. The Bertz CT molecular complexity index is 1050. The van der Waals surface area contributed by atoms with E-state index in [0.717, 1.165) is 22.4 Å². The summed E-state index contributed by atoms with van der Waals surface area (Å²) >= 11 is 1.40. The molecule has 2 aromatic rings. The molecule has 4 rings (SSSR count). The summed E-state index contributed by atoms with van der Waals surface area (Å²) in [7, 11) is 1.58. The van der Waals surface area contributed by atoms with Gasteiger partial charge in [-0.15, -0.1) is 0 Å². The van der Waals surface area contributed by atoms with E-state index in [4.69, 9.17) is 9.73 Å². The molecule has 2 aliphatic heterocycles. The van der Waals surface area contributed by atoms with Crippen LogP contribution in [0.15, 0.2) is 58.9 Å². The van der Waals surface area contributed by atoms with Crippen molar-refractivity contribution in [1.29, 1.82) is 0 Å². The summed E-state index contributed by atoms with van der Waals surface area (Å²) in [6.45, 7) is 1.24. The van der Waals surface area contributed by atoms with Crippen molar-refractivity contribution in [2.45, 2.75) is 43.7 Å². The molecule has 0 bridgehead atoms. The maximum atomic E-state index is 11.1. The van der Waals surface area contributed by atoms with Crippen molar-refractivity contribution in [3.63, 3.8) is 0 Å². The van der Waals surface area contributed by atoms with Crippen molar-refractivity contribution >= 4 is 22.6 Å². The molecule has 0 aliphatic carbocycles. The molecule has 6 atom stereocenters. The third-order valence-corrected chi connectivity index (χ3v) is 6.83. The molecule has 0 fully saturated rings. The SMILES string of the molecule is COc1ccc([C@H]2N=C3SC=C(c4ccc(C)cc4)N3[C@@H]([C@H](O)[C@@H](O)[C@H](O)[C@H](O)CO)N2)cc1. The highest BCUT2D eigenvalue weighted by atomic mass is 32.2. The molecule has 0 amide bonds. The minimum absolute atomic E-state index is 0.540. The number of aliphatic imine (C=N–C) groups is 1. The minimum Gasteiger partial charge on any atom is -0.497 e. The van der Waals surface area contributed by atoms with Gasteiger partial charge in [0.2, 0.25) is 0 Å². The smallest absolute Gasteiger partial charge is 0.171 e. The van der Waals surface area contributed by atoms with Gasteiger partial charge in [0.25, 0.3) is 0 Å². The third-order valence-electron chi connectivity index (χ3n) is 5.97. The first-order chi connectivity index (χ1) is 16.3. The fourth-order valence-corrected chi connectivity index (χ4v) is 4.89. The fourth-order valence-electron chi connectivity index (χ4n) is 3.93. The van der Waals surface area contributed by atoms with Crippen molar-refractivity contribution in [2.75, 3.05) is 13.7 Å². The average molecular weight is 488 g/mol. The minimum atomic E-state index is -1.74. The zero-order chi connectivity index (χ0) is 24.4. The van der Waals surface area contributed by atoms with Crippen LogP contribution in [0, 0.1) is 6.92 Å². The molecule has 0 aromatic heterocycles. The van der Waals surface area contributed by atoms with Crippen molar-refractivity contribution < 1.29 is 30.3 Å². The number of ether oxygens (including phenoxy) is 1. The number of aliphatic hydroxyl groups is 5. The first-order valence-electron chi connectivity index (χ1n) is 10.9. The molecule has 0 radical (unpaired) electrons. The van der Waals surface area contributed by atoms with Crippen LogP contribution in [-0.2, 0) is 0 Å². The number of amidine groups is 1. The van der Waals surface area contributed by atoms with E-state index in [0.29, 0.717) is 10.9 Å². The van der Waals surface area contributed by atoms with Gasteiger partial charge in [-0.1, -0.05) is 53.7 Å². The lowest BCUT2D eigenvalue weighted by Crippen LogP contribution is -2.62. The molecule has 2 aromatic carbocycles. The standard InChI is InChI=1S/C24H29N3O6S/c1-13-3-5-14(6-4-13)17-12-34-24-26-22(15-7-9-16(33-2)10-8-15)25-23(27(17)24)21(32)20(31)19(30)18(29)11-28/h3-10,12,18-23,25,28-32H,11H2,1-2H3/t18-,19-,20+,21-,22-,23+/m1/s1. The molecular formula is C24H29N3O6S. The molecule has 2 heterocycles. The molecule has 0 saturated carbocycles. The van der Waals surface area contributed by atoms with Crippen LogP contribution in [0.1, 0.15) is 22.9 Å². The molecule has 0 saturated heterocycles. The molecule has 0 unspecified atom stereocenters. The Morgan fingerprint density at radius 3 is 2.32 bits per heavy atom. The monoisotopic (exact) mass is 487 g/mol. The lowest BCUT2D eigenvalue weighted by molar-refractivity contribution is -0.129. The van der Waals surface area contributed by atoms with Crippen LogP contribution in [0.2, 0.25) is 0 Å². The van der Waals surface area contributed by atoms with E-state index >= 15 is 0 Å². The highest BCUT2D eigenvalue weighted by Gasteiger charge is 2.44. The zero-order valence-electron chi connectivity index (χ0n) is 18.8. The zero-order valence-corrected chi connectivity index (χ0v) is 19.6. The van der Waals surface area contributed by atoms with Crippen LogP contribution in [0.4, 0.5) is 0 Å². The molecule has 6 N–H and O–H groups in total. The molecular weight excluding hydrogens is 458 g/mol. The van der Waals surface area contributed by atoms with Gasteiger partial charge >= 0.3 is 0 Å². The second-order valence-corrected chi connectivity index (χ2v) is 9.11. The maximum absolute atomic E-state index is 11.1. The summed E-state index contributed by atoms with van der Waals surface area (Å²) in [5.74, 6) is 0.695. The number of aryl methyl sites for hydroxylation is 1. The predicted octanol–water partition coefficient (Wildman–Crippen LogP) is 0.771. The number of nitrogens with one attached hydrogen (secondary N) is 1. The fraction of sp³-hybridized carbons (Fsp3) is 0.375. The number of aliphatic hydroxyl groups excluding tert-OH is 5. The van der Waals surface area contributed by atoms with Crippen molar-refractivity contribution in [3.05, 3.63) is 70.6 Å². The number of thioether (sulfide) groups is 1. The van der Waals surface area contributed by atoms with E-state index < -0.39 is 43.4 Å². The number of rotatable bonds is 8. The van der Waals surface area contributed by atoms with Gasteiger partial charge < -0.3 is 35.2 Å². The lowest BCUT2D eigenvalue weighted by atomic mass is 9.98.